The summed E-state index contributed by atoms with van der Waals surface area (Å²) in [4.78, 5) is 8.67. The summed E-state index contributed by atoms with van der Waals surface area (Å²) in [6.45, 7) is 4.17. The number of aromatic nitrogens is 2. The van der Waals surface area contributed by atoms with Crippen LogP contribution in [-0.2, 0) is 5.41 Å². The number of halogens is 2. The van der Waals surface area contributed by atoms with Gasteiger partial charge in [-0.05, 0) is 35.3 Å². The van der Waals surface area contributed by atoms with Crippen LogP contribution in [0.3, 0.4) is 0 Å². The first kappa shape index (κ1) is 12.5. The summed E-state index contributed by atoms with van der Waals surface area (Å²) in [5.74, 6) is 0.719. The van der Waals surface area contributed by atoms with Gasteiger partial charge in [-0.2, -0.15) is 0 Å². The molecule has 0 unspecified atom stereocenters. The summed E-state index contributed by atoms with van der Waals surface area (Å²) in [7, 11) is 0. The molecule has 88 valence electrons. The van der Waals surface area contributed by atoms with Crippen LogP contribution in [0.1, 0.15) is 25.2 Å². The van der Waals surface area contributed by atoms with E-state index in [0.29, 0.717) is 9.63 Å². The highest BCUT2D eigenvalue weighted by Crippen LogP contribution is 2.30. The summed E-state index contributed by atoms with van der Waals surface area (Å²) in [6.07, 6.45) is 1.69. The van der Waals surface area contributed by atoms with Crippen molar-refractivity contribution in [1.82, 2.24) is 9.97 Å². The zero-order valence-electron chi connectivity index (χ0n) is 9.61. The van der Waals surface area contributed by atoms with Crippen molar-refractivity contribution < 1.29 is 0 Å². The molecule has 0 fully saturated rings. The molecule has 2 nitrogen and oxygen atoms in total. The zero-order valence-corrected chi connectivity index (χ0v) is 12.0. The molecule has 0 bridgehead atoms. The van der Waals surface area contributed by atoms with Crippen LogP contribution in [0.4, 0.5) is 0 Å². The highest BCUT2D eigenvalue weighted by atomic mass is 79.9. The molecule has 1 heterocycles. The SMILES string of the molecule is CC(C)(c1ccccc1)c1ncc(Br)c(Cl)n1. The lowest BCUT2D eigenvalue weighted by molar-refractivity contribution is 0.589. The van der Waals surface area contributed by atoms with Crippen LogP contribution in [-0.4, -0.2) is 9.97 Å². The van der Waals surface area contributed by atoms with E-state index in [1.54, 1.807) is 6.20 Å². The first-order valence-electron chi connectivity index (χ1n) is 5.26. The van der Waals surface area contributed by atoms with E-state index < -0.39 is 0 Å². The van der Waals surface area contributed by atoms with Crippen molar-refractivity contribution >= 4 is 27.5 Å². The molecule has 0 N–H and O–H groups in total. The van der Waals surface area contributed by atoms with Crippen LogP contribution >= 0.6 is 27.5 Å². The first-order valence-corrected chi connectivity index (χ1v) is 6.43. The lowest BCUT2D eigenvalue weighted by atomic mass is 9.84. The van der Waals surface area contributed by atoms with Gasteiger partial charge in [0, 0.05) is 11.6 Å². The van der Waals surface area contributed by atoms with Crippen molar-refractivity contribution in [1.29, 1.82) is 0 Å². The Morgan fingerprint density at radius 2 is 1.82 bits per heavy atom. The van der Waals surface area contributed by atoms with Gasteiger partial charge in [0.05, 0.1) is 4.47 Å². The Bertz CT molecular complexity index is 526. The standard InChI is InChI=1S/C13H12BrClN2/c1-13(2,9-6-4-3-5-7-9)12-16-8-10(14)11(15)17-12/h3-8H,1-2H3. The second-order valence-electron chi connectivity index (χ2n) is 4.32. The van der Waals surface area contributed by atoms with Gasteiger partial charge in [0.1, 0.15) is 11.0 Å². The fourth-order valence-corrected chi connectivity index (χ4v) is 1.95. The maximum Gasteiger partial charge on any atom is 0.146 e. The summed E-state index contributed by atoms with van der Waals surface area (Å²) in [5.41, 5.74) is 0.907. The monoisotopic (exact) mass is 310 g/mol. The van der Waals surface area contributed by atoms with Crippen LogP contribution in [0, 0.1) is 0 Å². The Hall–Kier alpha value is -0.930. The maximum atomic E-state index is 6.01. The fourth-order valence-electron chi connectivity index (χ4n) is 1.63. The van der Waals surface area contributed by atoms with Crippen LogP contribution in [0.5, 0.6) is 0 Å². The van der Waals surface area contributed by atoms with E-state index in [0.717, 1.165) is 5.82 Å². The van der Waals surface area contributed by atoms with Gasteiger partial charge in [-0.1, -0.05) is 41.9 Å². The maximum absolute atomic E-state index is 6.01. The molecule has 0 saturated carbocycles. The van der Waals surface area contributed by atoms with Crippen molar-refractivity contribution in [2.45, 2.75) is 19.3 Å². The fraction of sp³-hybridized carbons (Fsp3) is 0.231. The largest absolute Gasteiger partial charge is 0.239 e. The average molecular weight is 312 g/mol. The molecule has 17 heavy (non-hydrogen) atoms. The Morgan fingerprint density at radius 1 is 1.18 bits per heavy atom. The molecule has 0 spiro atoms. The van der Waals surface area contributed by atoms with Gasteiger partial charge >= 0.3 is 0 Å². The molecule has 0 aliphatic carbocycles. The number of rotatable bonds is 2. The van der Waals surface area contributed by atoms with Crippen LogP contribution in [0.25, 0.3) is 0 Å². The molecule has 0 aliphatic rings. The lowest BCUT2D eigenvalue weighted by Gasteiger charge is -2.23. The van der Waals surface area contributed by atoms with Crippen LogP contribution < -0.4 is 0 Å². The Labute approximate surface area is 114 Å². The smallest absolute Gasteiger partial charge is 0.146 e. The molecule has 1 aromatic carbocycles. The lowest BCUT2D eigenvalue weighted by Crippen LogP contribution is -2.22. The van der Waals surface area contributed by atoms with Gasteiger partial charge in [0.15, 0.2) is 0 Å². The van der Waals surface area contributed by atoms with Gasteiger partial charge in [0.2, 0.25) is 0 Å². The summed E-state index contributed by atoms with van der Waals surface area (Å²) in [5, 5.41) is 0.444. The van der Waals surface area contributed by atoms with Crippen molar-refractivity contribution in [3.63, 3.8) is 0 Å². The van der Waals surface area contributed by atoms with Crippen molar-refractivity contribution in [2.24, 2.45) is 0 Å². The molecule has 2 aromatic rings. The molecular weight excluding hydrogens is 300 g/mol. The molecule has 4 heteroatoms. The third-order valence-corrected chi connectivity index (χ3v) is 3.85. The third kappa shape index (κ3) is 2.50. The van der Waals surface area contributed by atoms with E-state index >= 15 is 0 Å². The molecular formula is C13H12BrClN2. The second-order valence-corrected chi connectivity index (χ2v) is 5.54. The molecule has 2 rings (SSSR count). The van der Waals surface area contributed by atoms with Gasteiger partial charge in [-0.15, -0.1) is 0 Å². The second kappa shape index (κ2) is 4.75. The summed E-state index contributed by atoms with van der Waals surface area (Å²) < 4.78 is 0.715. The van der Waals surface area contributed by atoms with Crippen molar-refractivity contribution in [3.05, 3.63) is 57.5 Å². The molecule has 0 saturated heterocycles. The Kier molecular flexibility index (Phi) is 3.50. The van der Waals surface area contributed by atoms with E-state index in [4.69, 9.17) is 11.6 Å². The summed E-state index contributed by atoms with van der Waals surface area (Å²) >= 11 is 9.30. The van der Waals surface area contributed by atoms with E-state index in [1.807, 2.05) is 18.2 Å². The van der Waals surface area contributed by atoms with Crippen molar-refractivity contribution in [3.8, 4) is 0 Å². The normalized spacial score (nSPS) is 11.5. The molecule has 1 aromatic heterocycles. The number of benzene rings is 1. The van der Waals surface area contributed by atoms with E-state index in [-0.39, 0.29) is 5.41 Å². The molecule has 0 radical (unpaired) electrons. The minimum Gasteiger partial charge on any atom is -0.239 e. The third-order valence-electron chi connectivity index (χ3n) is 2.76. The molecule has 0 amide bonds. The quantitative estimate of drug-likeness (QED) is 0.776. The van der Waals surface area contributed by atoms with Crippen molar-refractivity contribution in [2.75, 3.05) is 0 Å². The minimum atomic E-state index is -0.258. The molecule has 0 aliphatic heterocycles. The van der Waals surface area contributed by atoms with E-state index in [1.165, 1.54) is 5.56 Å². The number of nitrogens with zero attached hydrogens (tertiary/aromatic N) is 2. The van der Waals surface area contributed by atoms with E-state index in [2.05, 4.69) is 51.9 Å². The topological polar surface area (TPSA) is 25.8 Å². The minimum absolute atomic E-state index is 0.258. The van der Waals surface area contributed by atoms with Crippen LogP contribution in [0.15, 0.2) is 41.0 Å². The molecule has 0 atom stereocenters. The predicted octanol–water partition coefficient (Wildman–Crippen LogP) is 4.22. The number of hydrogen-bond donors (Lipinski definition) is 0. The summed E-state index contributed by atoms with van der Waals surface area (Å²) in [6, 6.07) is 10.2. The number of hydrogen-bond acceptors (Lipinski definition) is 2. The zero-order chi connectivity index (χ0) is 12.5. The van der Waals surface area contributed by atoms with Gasteiger partial charge in [-0.25, -0.2) is 9.97 Å². The highest BCUT2D eigenvalue weighted by Gasteiger charge is 2.26. The van der Waals surface area contributed by atoms with Gasteiger partial charge < -0.3 is 0 Å². The van der Waals surface area contributed by atoms with Gasteiger partial charge in [0.25, 0.3) is 0 Å². The average Bonchev–Trinajstić information content (AvgIpc) is 2.33. The Balaban J connectivity index is 2.48. The first-order chi connectivity index (χ1) is 8.01. The van der Waals surface area contributed by atoms with E-state index in [9.17, 15) is 0 Å². The highest BCUT2D eigenvalue weighted by molar-refractivity contribution is 9.10. The van der Waals surface area contributed by atoms with Crippen LogP contribution in [0.2, 0.25) is 5.15 Å². The predicted molar refractivity (Wildman–Crippen MR) is 73.3 cm³/mol. The Morgan fingerprint density at radius 3 is 2.41 bits per heavy atom. The van der Waals surface area contributed by atoms with Gasteiger partial charge in [-0.3, -0.25) is 0 Å².